The van der Waals surface area contributed by atoms with Crippen LogP contribution in [0.3, 0.4) is 0 Å². The van der Waals surface area contributed by atoms with E-state index in [9.17, 15) is 9.59 Å². The van der Waals surface area contributed by atoms with Gasteiger partial charge in [-0.25, -0.2) is 0 Å². The fourth-order valence-corrected chi connectivity index (χ4v) is 2.87. The van der Waals surface area contributed by atoms with Crippen LogP contribution in [0.25, 0.3) is 0 Å². The van der Waals surface area contributed by atoms with Gasteiger partial charge in [-0.15, -0.1) is 0 Å². The Morgan fingerprint density at radius 3 is 2.17 bits per heavy atom. The molecule has 0 unspecified atom stereocenters. The number of aromatic nitrogens is 1. The summed E-state index contributed by atoms with van der Waals surface area (Å²) in [4.78, 5) is 29.2. The molecule has 2 aromatic carbocycles. The molecule has 0 saturated heterocycles. The van der Waals surface area contributed by atoms with Crippen molar-refractivity contribution in [3.63, 3.8) is 0 Å². The van der Waals surface area contributed by atoms with Gasteiger partial charge < -0.3 is 10.6 Å². The zero-order chi connectivity index (χ0) is 21.0. The maximum Gasteiger partial charge on any atom is 0.274 e. The maximum absolute atomic E-state index is 12.6. The lowest BCUT2D eigenvalue weighted by Crippen LogP contribution is -2.17. The second kappa shape index (κ2) is 8.27. The molecule has 29 heavy (non-hydrogen) atoms. The fourth-order valence-electron chi connectivity index (χ4n) is 2.87. The summed E-state index contributed by atoms with van der Waals surface area (Å²) in [6.45, 7) is 8.37. The molecule has 3 aromatic rings. The molecule has 0 aliphatic carbocycles. The van der Waals surface area contributed by atoms with Gasteiger partial charge in [0.05, 0.1) is 0 Å². The number of carbonyl (C=O) groups is 2. The zero-order valence-electron chi connectivity index (χ0n) is 17.1. The monoisotopic (exact) mass is 387 g/mol. The second-order valence-electron chi connectivity index (χ2n) is 8.03. The molecule has 0 bridgehead atoms. The van der Waals surface area contributed by atoms with E-state index >= 15 is 0 Å². The van der Waals surface area contributed by atoms with E-state index < -0.39 is 0 Å². The number of anilines is 2. The maximum atomic E-state index is 12.6. The molecule has 1 aromatic heterocycles. The quantitative estimate of drug-likeness (QED) is 0.647. The molecule has 0 aliphatic rings. The van der Waals surface area contributed by atoms with E-state index in [1.807, 2.05) is 55.5 Å². The molecule has 2 amide bonds. The molecule has 1 heterocycles. The Hall–Kier alpha value is -3.47. The van der Waals surface area contributed by atoms with Crippen molar-refractivity contribution < 1.29 is 9.59 Å². The normalized spacial score (nSPS) is 11.0. The van der Waals surface area contributed by atoms with E-state index in [0.29, 0.717) is 16.9 Å². The van der Waals surface area contributed by atoms with Gasteiger partial charge in [0, 0.05) is 23.1 Å². The fraction of sp³-hybridized carbons (Fsp3) is 0.208. The van der Waals surface area contributed by atoms with E-state index in [1.54, 1.807) is 6.07 Å². The van der Waals surface area contributed by atoms with Crippen molar-refractivity contribution in [2.75, 3.05) is 10.6 Å². The summed E-state index contributed by atoms with van der Waals surface area (Å²) >= 11 is 0. The summed E-state index contributed by atoms with van der Waals surface area (Å²) in [7, 11) is 0. The molecule has 0 spiro atoms. The van der Waals surface area contributed by atoms with Gasteiger partial charge in [0.2, 0.25) is 0 Å². The Morgan fingerprint density at radius 2 is 1.52 bits per heavy atom. The molecular weight excluding hydrogens is 362 g/mol. The standard InChI is InChI=1S/C24H25N3O2/c1-16-6-5-7-20(14-16)27-22(28)17-12-13-25-21(15-17)23(29)26-19-10-8-18(9-11-19)24(2,3)4/h5-15H,1-4H3,(H,26,29)(H,27,28). The first kappa shape index (κ1) is 20.3. The van der Waals surface area contributed by atoms with Crippen molar-refractivity contribution in [3.8, 4) is 0 Å². The van der Waals surface area contributed by atoms with E-state index in [0.717, 1.165) is 5.56 Å². The Balaban J connectivity index is 1.71. The molecule has 0 radical (unpaired) electrons. The minimum atomic E-state index is -0.362. The average Bonchev–Trinajstić information content (AvgIpc) is 2.68. The van der Waals surface area contributed by atoms with Crippen LogP contribution in [0, 0.1) is 6.92 Å². The van der Waals surface area contributed by atoms with Gasteiger partial charge in [-0.1, -0.05) is 45.0 Å². The van der Waals surface area contributed by atoms with Crippen LogP contribution in [-0.2, 0) is 5.41 Å². The lowest BCUT2D eigenvalue weighted by Gasteiger charge is -2.19. The van der Waals surface area contributed by atoms with Crippen molar-refractivity contribution in [1.29, 1.82) is 0 Å². The Morgan fingerprint density at radius 1 is 0.828 bits per heavy atom. The third-order valence-electron chi connectivity index (χ3n) is 4.54. The number of hydrogen-bond acceptors (Lipinski definition) is 3. The largest absolute Gasteiger partial charge is 0.322 e. The summed E-state index contributed by atoms with van der Waals surface area (Å²) in [5, 5.41) is 5.66. The Labute approximate surface area is 171 Å². The number of benzene rings is 2. The molecule has 0 fully saturated rings. The van der Waals surface area contributed by atoms with Crippen LogP contribution in [0.4, 0.5) is 11.4 Å². The number of carbonyl (C=O) groups excluding carboxylic acids is 2. The number of nitrogens with zero attached hydrogens (tertiary/aromatic N) is 1. The van der Waals surface area contributed by atoms with Crippen LogP contribution in [-0.4, -0.2) is 16.8 Å². The molecular formula is C24H25N3O2. The second-order valence-corrected chi connectivity index (χ2v) is 8.03. The minimum absolute atomic E-state index is 0.0447. The summed E-state index contributed by atoms with van der Waals surface area (Å²) < 4.78 is 0. The minimum Gasteiger partial charge on any atom is -0.322 e. The van der Waals surface area contributed by atoms with Crippen molar-refractivity contribution >= 4 is 23.2 Å². The van der Waals surface area contributed by atoms with Crippen molar-refractivity contribution in [3.05, 3.63) is 89.2 Å². The van der Waals surface area contributed by atoms with Crippen molar-refractivity contribution in [2.24, 2.45) is 0 Å². The van der Waals surface area contributed by atoms with Crippen LogP contribution in [0.2, 0.25) is 0 Å². The molecule has 3 rings (SSSR count). The van der Waals surface area contributed by atoms with Gasteiger partial charge in [0.1, 0.15) is 5.69 Å². The molecule has 0 aliphatic heterocycles. The van der Waals surface area contributed by atoms with Crippen molar-refractivity contribution in [1.82, 2.24) is 4.98 Å². The van der Waals surface area contributed by atoms with Crippen LogP contribution < -0.4 is 10.6 Å². The molecule has 0 atom stereocenters. The van der Waals surface area contributed by atoms with Crippen molar-refractivity contribution in [2.45, 2.75) is 33.1 Å². The predicted octanol–water partition coefficient (Wildman–Crippen LogP) is 5.19. The highest BCUT2D eigenvalue weighted by Gasteiger charge is 2.15. The Kier molecular flexibility index (Phi) is 5.78. The first-order chi connectivity index (χ1) is 13.7. The van der Waals surface area contributed by atoms with E-state index in [4.69, 9.17) is 0 Å². The average molecular weight is 387 g/mol. The van der Waals surface area contributed by atoms with Gasteiger partial charge in [-0.3, -0.25) is 14.6 Å². The topological polar surface area (TPSA) is 71.1 Å². The first-order valence-corrected chi connectivity index (χ1v) is 9.48. The SMILES string of the molecule is Cc1cccc(NC(=O)c2ccnc(C(=O)Nc3ccc(C(C)(C)C)cc3)c2)c1. The van der Waals surface area contributed by atoms with E-state index in [2.05, 4.69) is 36.4 Å². The highest BCUT2D eigenvalue weighted by molar-refractivity contribution is 6.07. The molecule has 5 heteroatoms. The van der Waals surface area contributed by atoms with Gasteiger partial charge in [0.15, 0.2) is 0 Å². The van der Waals surface area contributed by atoms with E-state index in [-0.39, 0.29) is 22.9 Å². The summed E-state index contributed by atoms with van der Waals surface area (Å²) in [6.07, 6.45) is 1.46. The number of pyridine rings is 1. The van der Waals surface area contributed by atoms with Crippen LogP contribution in [0.15, 0.2) is 66.9 Å². The van der Waals surface area contributed by atoms with Gasteiger partial charge in [0.25, 0.3) is 11.8 Å². The zero-order valence-corrected chi connectivity index (χ0v) is 17.1. The predicted molar refractivity (Wildman–Crippen MR) is 116 cm³/mol. The number of amides is 2. The summed E-state index contributed by atoms with van der Waals surface area (Å²) in [6, 6.07) is 18.3. The third-order valence-corrected chi connectivity index (χ3v) is 4.54. The highest BCUT2D eigenvalue weighted by atomic mass is 16.2. The summed E-state index contributed by atoms with van der Waals surface area (Å²) in [5.74, 6) is -0.653. The highest BCUT2D eigenvalue weighted by Crippen LogP contribution is 2.23. The van der Waals surface area contributed by atoms with Crippen LogP contribution in [0.5, 0.6) is 0 Å². The third kappa shape index (κ3) is 5.29. The number of rotatable bonds is 4. The molecule has 5 nitrogen and oxygen atoms in total. The number of aryl methyl sites for hydroxylation is 1. The summed E-state index contributed by atoms with van der Waals surface area (Å²) in [5.41, 5.74) is 4.22. The van der Waals surface area contributed by atoms with Crippen LogP contribution >= 0.6 is 0 Å². The van der Waals surface area contributed by atoms with Gasteiger partial charge in [-0.2, -0.15) is 0 Å². The molecule has 0 saturated carbocycles. The molecule has 148 valence electrons. The first-order valence-electron chi connectivity index (χ1n) is 9.48. The number of hydrogen-bond donors (Lipinski definition) is 2. The smallest absolute Gasteiger partial charge is 0.274 e. The lowest BCUT2D eigenvalue weighted by molar-refractivity contribution is 0.102. The Bertz CT molecular complexity index is 1030. The van der Waals surface area contributed by atoms with E-state index in [1.165, 1.54) is 17.8 Å². The lowest BCUT2D eigenvalue weighted by atomic mass is 9.87. The molecule has 2 N–H and O–H groups in total. The number of nitrogens with one attached hydrogen (secondary N) is 2. The van der Waals surface area contributed by atoms with Crippen LogP contribution in [0.1, 0.15) is 52.7 Å². The van der Waals surface area contributed by atoms with Gasteiger partial charge >= 0.3 is 0 Å². The van der Waals surface area contributed by atoms with Gasteiger partial charge in [-0.05, 0) is 59.9 Å².